The normalized spacial score (nSPS) is 25.0. The zero-order valence-corrected chi connectivity index (χ0v) is 14.8. The number of nitrogens with zero attached hydrogens (tertiary/aromatic N) is 1. The fraction of sp³-hybridized carbons (Fsp3) is 0.692. The predicted octanol–water partition coefficient (Wildman–Crippen LogP) is 2.29. The molecule has 0 radical (unpaired) electrons. The topological polar surface area (TPSA) is 49.4 Å². The minimum Gasteiger partial charge on any atom is -0.315 e. The second kappa shape index (κ2) is 6.36. The summed E-state index contributed by atoms with van der Waals surface area (Å²) in [6.07, 6.45) is 0. The Kier molecular flexibility index (Phi) is 5.18. The molecule has 2 unspecified atom stereocenters. The van der Waals surface area contributed by atoms with Gasteiger partial charge in [0.1, 0.15) is 4.90 Å². The van der Waals surface area contributed by atoms with Gasteiger partial charge in [-0.3, -0.25) is 0 Å². The highest BCUT2D eigenvalue weighted by Gasteiger charge is 2.37. The number of thiophene rings is 1. The lowest BCUT2D eigenvalue weighted by atomic mass is 10.2. The van der Waals surface area contributed by atoms with Crippen LogP contribution in [-0.2, 0) is 16.6 Å². The maximum atomic E-state index is 13.0. The molecule has 0 saturated carbocycles. The first-order valence-corrected chi connectivity index (χ1v) is 10.1. The summed E-state index contributed by atoms with van der Waals surface area (Å²) in [5, 5.41) is 5.33. The van der Waals surface area contributed by atoms with E-state index in [1.807, 2.05) is 38.0 Å². The highest BCUT2D eigenvalue weighted by Crippen LogP contribution is 2.34. The third-order valence-corrected chi connectivity index (χ3v) is 8.51. The van der Waals surface area contributed by atoms with E-state index in [2.05, 4.69) is 12.2 Å². The third kappa shape index (κ3) is 2.92. The molecule has 1 fully saturated rings. The van der Waals surface area contributed by atoms with Crippen LogP contribution in [0.1, 0.15) is 24.3 Å². The maximum Gasteiger partial charge on any atom is 0.244 e. The number of hydrogen-bond donors (Lipinski definition) is 1. The van der Waals surface area contributed by atoms with Crippen molar-refractivity contribution in [2.24, 2.45) is 0 Å². The van der Waals surface area contributed by atoms with E-state index in [1.54, 1.807) is 4.31 Å². The largest absolute Gasteiger partial charge is 0.315 e. The molecule has 2 rings (SSSR count). The number of sulfonamides is 1. The van der Waals surface area contributed by atoms with Crippen molar-refractivity contribution >= 4 is 33.1 Å². The van der Waals surface area contributed by atoms with Crippen molar-refractivity contribution in [3.63, 3.8) is 0 Å². The quantitative estimate of drug-likeness (QED) is 0.918. The maximum absolute atomic E-state index is 13.0. The molecular weight excluding hydrogens is 312 g/mol. The molecule has 1 aromatic heterocycles. The van der Waals surface area contributed by atoms with Crippen molar-refractivity contribution < 1.29 is 8.42 Å². The zero-order valence-electron chi connectivity index (χ0n) is 12.3. The van der Waals surface area contributed by atoms with E-state index in [4.69, 9.17) is 0 Å². The number of nitrogens with one attached hydrogen (secondary N) is 1. The van der Waals surface area contributed by atoms with Crippen molar-refractivity contribution in [2.75, 3.05) is 19.3 Å². The lowest BCUT2D eigenvalue weighted by Gasteiger charge is -2.36. The summed E-state index contributed by atoms with van der Waals surface area (Å²) in [6, 6.07) is 0.0421. The Bertz CT molecular complexity index is 568. The van der Waals surface area contributed by atoms with E-state index in [1.165, 1.54) is 11.3 Å². The highest BCUT2D eigenvalue weighted by atomic mass is 32.2. The van der Waals surface area contributed by atoms with Gasteiger partial charge in [0.05, 0.1) is 0 Å². The Morgan fingerprint density at radius 3 is 2.80 bits per heavy atom. The van der Waals surface area contributed by atoms with Crippen LogP contribution >= 0.6 is 23.1 Å². The Morgan fingerprint density at radius 2 is 2.15 bits per heavy atom. The van der Waals surface area contributed by atoms with Gasteiger partial charge in [-0.05, 0) is 31.8 Å². The Balaban J connectivity index is 2.42. The number of thioether (sulfide) groups is 1. The van der Waals surface area contributed by atoms with Crippen molar-refractivity contribution in [1.82, 2.24) is 9.62 Å². The fourth-order valence-electron chi connectivity index (χ4n) is 2.48. The summed E-state index contributed by atoms with van der Waals surface area (Å²) >= 11 is 3.37. The highest BCUT2D eigenvalue weighted by molar-refractivity contribution is 8.00. The lowest BCUT2D eigenvalue weighted by Crippen LogP contribution is -2.48. The first-order valence-electron chi connectivity index (χ1n) is 6.74. The SMILES string of the molecule is CNCc1scc(C)c1S(=O)(=O)N1CCSC(C)C1C. The molecule has 0 aliphatic carbocycles. The summed E-state index contributed by atoms with van der Waals surface area (Å²) in [7, 11) is -1.55. The van der Waals surface area contributed by atoms with Gasteiger partial charge in [0.25, 0.3) is 0 Å². The van der Waals surface area contributed by atoms with Gasteiger partial charge in [-0.1, -0.05) is 6.92 Å². The van der Waals surface area contributed by atoms with E-state index in [0.29, 0.717) is 23.2 Å². The summed E-state index contributed by atoms with van der Waals surface area (Å²) in [6.45, 7) is 7.20. The fourth-order valence-corrected chi connectivity index (χ4v) is 7.25. The zero-order chi connectivity index (χ0) is 14.9. The predicted molar refractivity (Wildman–Crippen MR) is 87.1 cm³/mol. The van der Waals surface area contributed by atoms with Crippen molar-refractivity contribution in [3.05, 3.63) is 15.8 Å². The van der Waals surface area contributed by atoms with Gasteiger partial charge < -0.3 is 5.32 Å². The molecule has 1 aliphatic rings. The average molecular weight is 335 g/mol. The van der Waals surface area contributed by atoms with Crippen LogP contribution in [-0.4, -0.2) is 43.4 Å². The molecule has 2 heterocycles. The molecule has 1 aliphatic heterocycles. The van der Waals surface area contributed by atoms with E-state index >= 15 is 0 Å². The molecule has 0 amide bonds. The molecular formula is C13H22N2O2S3. The van der Waals surface area contributed by atoms with Crippen LogP contribution in [0.25, 0.3) is 0 Å². The van der Waals surface area contributed by atoms with Gasteiger partial charge >= 0.3 is 0 Å². The van der Waals surface area contributed by atoms with Crippen molar-refractivity contribution in [2.45, 2.75) is 43.5 Å². The molecule has 1 aromatic rings. The molecule has 114 valence electrons. The third-order valence-electron chi connectivity index (χ3n) is 3.72. The molecule has 0 spiro atoms. The Hall–Kier alpha value is -0.0800. The average Bonchev–Trinajstić information content (AvgIpc) is 2.75. The van der Waals surface area contributed by atoms with Crippen molar-refractivity contribution in [1.29, 1.82) is 0 Å². The van der Waals surface area contributed by atoms with Gasteiger partial charge in [-0.25, -0.2) is 8.42 Å². The number of rotatable bonds is 4. The van der Waals surface area contributed by atoms with Crippen LogP contribution in [0.3, 0.4) is 0 Å². The van der Waals surface area contributed by atoms with Crippen LogP contribution in [0.4, 0.5) is 0 Å². The lowest BCUT2D eigenvalue weighted by molar-refractivity contribution is 0.340. The van der Waals surface area contributed by atoms with Gasteiger partial charge in [0.2, 0.25) is 10.0 Å². The second-order valence-electron chi connectivity index (χ2n) is 5.13. The molecule has 0 bridgehead atoms. The van der Waals surface area contributed by atoms with E-state index in [-0.39, 0.29) is 6.04 Å². The smallest absolute Gasteiger partial charge is 0.244 e. The van der Waals surface area contributed by atoms with Crippen LogP contribution in [0.2, 0.25) is 0 Å². The van der Waals surface area contributed by atoms with Crippen LogP contribution < -0.4 is 5.32 Å². The summed E-state index contributed by atoms with van der Waals surface area (Å²) in [4.78, 5) is 1.42. The van der Waals surface area contributed by atoms with Gasteiger partial charge in [-0.2, -0.15) is 16.1 Å². The molecule has 1 saturated heterocycles. The molecule has 4 nitrogen and oxygen atoms in total. The first kappa shape index (κ1) is 16.3. The van der Waals surface area contributed by atoms with E-state index in [0.717, 1.165) is 16.2 Å². The van der Waals surface area contributed by atoms with E-state index in [9.17, 15) is 8.42 Å². The molecule has 1 N–H and O–H groups in total. The first-order chi connectivity index (χ1) is 9.39. The monoisotopic (exact) mass is 334 g/mol. The summed E-state index contributed by atoms with van der Waals surface area (Å²) in [5.74, 6) is 0.870. The molecule has 2 atom stereocenters. The van der Waals surface area contributed by atoms with Gasteiger partial charge in [0.15, 0.2) is 0 Å². The number of aryl methyl sites for hydroxylation is 1. The van der Waals surface area contributed by atoms with Crippen molar-refractivity contribution in [3.8, 4) is 0 Å². The minimum atomic E-state index is -3.39. The standard InChI is InChI=1S/C13H22N2O2S3/c1-9-8-19-12(7-14-4)13(9)20(16,17)15-5-6-18-11(3)10(15)2/h8,10-11,14H,5-7H2,1-4H3. The Labute approximate surface area is 130 Å². The van der Waals surface area contributed by atoms with Crippen LogP contribution in [0.15, 0.2) is 10.3 Å². The van der Waals surface area contributed by atoms with Crippen LogP contribution in [0, 0.1) is 6.92 Å². The van der Waals surface area contributed by atoms with Gasteiger partial charge in [0, 0.05) is 35.0 Å². The molecule has 7 heteroatoms. The molecule has 0 aromatic carbocycles. The Morgan fingerprint density at radius 1 is 1.45 bits per heavy atom. The molecule has 20 heavy (non-hydrogen) atoms. The van der Waals surface area contributed by atoms with Crippen LogP contribution in [0.5, 0.6) is 0 Å². The summed E-state index contributed by atoms with van der Waals surface area (Å²) in [5.41, 5.74) is 0.860. The van der Waals surface area contributed by atoms with Gasteiger partial charge in [-0.15, -0.1) is 11.3 Å². The van der Waals surface area contributed by atoms with E-state index < -0.39 is 10.0 Å². The number of hydrogen-bond acceptors (Lipinski definition) is 5. The second-order valence-corrected chi connectivity index (χ2v) is 9.41. The minimum absolute atomic E-state index is 0.0421. The summed E-state index contributed by atoms with van der Waals surface area (Å²) < 4.78 is 27.7.